The molecule has 0 aromatic heterocycles. The van der Waals surface area contributed by atoms with E-state index in [-0.39, 0.29) is 12.4 Å². The lowest BCUT2D eigenvalue weighted by atomic mass is 10.2. The van der Waals surface area contributed by atoms with E-state index in [0.29, 0.717) is 11.6 Å². The predicted molar refractivity (Wildman–Crippen MR) is 56.9 cm³/mol. The van der Waals surface area contributed by atoms with Gasteiger partial charge >= 0.3 is 0 Å². The molecule has 5 heteroatoms. The van der Waals surface area contributed by atoms with Crippen molar-refractivity contribution in [3.8, 4) is 0 Å². The Morgan fingerprint density at radius 3 is 2.80 bits per heavy atom. The number of nitrogens with two attached hydrogens (primary N) is 1. The molecule has 15 heavy (non-hydrogen) atoms. The van der Waals surface area contributed by atoms with Crippen LogP contribution in [0.2, 0.25) is 5.02 Å². The molecular formula is C10H12ClFN2O. The average molecular weight is 231 g/mol. The zero-order valence-corrected chi connectivity index (χ0v) is 9.09. The van der Waals surface area contributed by atoms with E-state index in [1.54, 1.807) is 18.0 Å². The van der Waals surface area contributed by atoms with Crippen LogP contribution < -0.4 is 5.73 Å². The average Bonchev–Trinajstić information content (AvgIpc) is 2.08. The molecule has 0 saturated carbocycles. The lowest BCUT2D eigenvalue weighted by Gasteiger charge is -2.15. The van der Waals surface area contributed by atoms with Crippen molar-refractivity contribution in [2.24, 2.45) is 5.73 Å². The van der Waals surface area contributed by atoms with Gasteiger partial charge in [-0.05, 0) is 24.7 Å². The predicted octanol–water partition coefficient (Wildman–Crippen LogP) is 1.40. The SMILES string of the molecule is CN(CC(N)=O)Cc1ccc(F)cc1Cl. The summed E-state index contributed by atoms with van der Waals surface area (Å²) in [5.41, 5.74) is 5.80. The van der Waals surface area contributed by atoms with Gasteiger partial charge in [-0.25, -0.2) is 4.39 Å². The van der Waals surface area contributed by atoms with Crippen molar-refractivity contribution in [3.63, 3.8) is 0 Å². The third kappa shape index (κ3) is 3.85. The van der Waals surface area contributed by atoms with Gasteiger partial charge < -0.3 is 5.73 Å². The highest BCUT2D eigenvalue weighted by molar-refractivity contribution is 6.31. The Labute approximate surface area is 92.6 Å². The maximum atomic E-state index is 12.7. The van der Waals surface area contributed by atoms with E-state index >= 15 is 0 Å². The second-order valence-corrected chi connectivity index (χ2v) is 3.78. The topological polar surface area (TPSA) is 46.3 Å². The molecule has 0 bridgehead atoms. The zero-order chi connectivity index (χ0) is 11.4. The van der Waals surface area contributed by atoms with Gasteiger partial charge in [0, 0.05) is 11.6 Å². The van der Waals surface area contributed by atoms with E-state index in [9.17, 15) is 9.18 Å². The number of carbonyl (C=O) groups is 1. The fourth-order valence-corrected chi connectivity index (χ4v) is 1.49. The minimum atomic E-state index is -0.407. The molecule has 0 aliphatic rings. The van der Waals surface area contributed by atoms with Crippen molar-refractivity contribution >= 4 is 17.5 Å². The van der Waals surface area contributed by atoms with E-state index in [0.717, 1.165) is 5.56 Å². The minimum absolute atomic E-state index is 0.147. The van der Waals surface area contributed by atoms with Gasteiger partial charge in [0.25, 0.3) is 0 Å². The van der Waals surface area contributed by atoms with Crippen LogP contribution in [0, 0.1) is 5.82 Å². The summed E-state index contributed by atoms with van der Waals surface area (Å²) in [6.07, 6.45) is 0. The first kappa shape index (κ1) is 11.9. The van der Waals surface area contributed by atoms with Crippen molar-refractivity contribution in [1.29, 1.82) is 0 Å². The molecule has 0 fully saturated rings. The smallest absolute Gasteiger partial charge is 0.231 e. The first-order chi connectivity index (χ1) is 6.99. The molecule has 0 heterocycles. The number of halogens is 2. The summed E-state index contributed by atoms with van der Waals surface area (Å²) in [5.74, 6) is -0.781. The van der Waals surface area contributed by atoms with Gasteiger partial charge in [-0.3, -0.25) is 9.69 Å². The number of rotatable bonds is 4. The first-order valence-corrected chi connectivity index (χ1v) is 4.77. The molecule has 0 unspecified atom stereocenters. The molecule has 1 aromatic rings. The standard InChI is InChI=1S/C10H12ClFN2O/c1-14(6-10(13)15)5-7-2-3-8(12)4-9(7)11/h2-4H,5-6H2,1H3,(H2,13,15). The highest BCUT2D eigenvalue weighted by atomic mass is 35.5. The van der Waals surface area contributed by atoms with Crippen LogP contribution in [-0.4, -0.2) is 24.4 Å². The van der Waals surface area contributed by atoms with Crippen molar-refractivity contribution in [2.45, 2.75) is 6.54 Å². The summed E-state index contributed by atoms with van der Waals surface area (Å²) in [7, 11) is 1.74. The van der Waals surface area contributed by atoms with Crippen LogP contribution in [0.4, 0.5) is 4.39 Å². The van der Waals surface area contributed by atoms with E-state index < -0.39 is 5.91 Å². The number of benzene rings is 1. The molecular weight excluding hydrogens is 219 g/mol. The Morgan fingerprint density at radius 1 is 1.60 bits per heavy atom. The number of nitrogens with zero attached hydrogens (tertiary/aromatic N) is 1. The summed E-state index contributed by atoms with van der Waals surface area (Å²) in [6.45, 7) is 0.607. The molecule has 0 atom stereocenters. The van der Waals surface area contributed by atoms with Gasteiger partial charge in [0.05, 0.1) is 6.54 Å². The molecule has 1 rings (SSSR count). The van der Waals surface area contributed by atoms with Crippen LogP contribution in [0.3, 0.4) is 0 Å². The molecule has 2 N–H and O–H groups in total. The number of carbonyl (C=O) groups excluding carboxylic acids is 1. The summed E-state index contributed by atoms with van der Waals surface area (Å²) in [6, 6.07) is 4.17. The molecule has 0 aliphatic carbocycles. The number of hydrogen-bond acceptors (Lipinski definition) is 2. The first-order valence-electron chi connectivity index (χ1n) is 4.40. The van der Waals surface area contributed by atoms with Gasteiger partial charge in [-0.15, -0.1) is 0 Å². The van der Waals surface area contributed by atoms with Gasteiger partial charge in [0.15, 0.2) is 0 Å². The lowest BCUT2D eigenvalue weighted by molar-refractivity contribution is -0.118. The molecule has 1 amide bonds. The number of primary amides is 1. The van der Waals surface area contributed by atoms with E-state index in [4.69, 9.17) is 17.3 Å². The van der Waals surface area contributed by atoms with E-state index in [1.165, 1.54) is 12.1 Å². The van der Waals surface area contributed by atoms with Crippen LogP contribution in [-0.2, 0) is 11.3 Å². The second kappa shape index (κ2) is 5.09. The maximum Gasteiger partial charge on any atom is 0.231 e. The summed E-state index contributed by atoms with van der Waals surface area (Å²) >= 11 is 5.83. The quantitative estimate of drug-likeness (QED) is 0.850. The molecule has 0 saturated heterocycles. The molecule has 0 spiro atoms. The van der Waals surface area contributed by atoms with Gasteiger partial charge in [0.1, 0.15) is 5.82 Å². The van der Waals surface area contributed by atoms with Gasteiger partial charge in [0.2, 0.25) is 5.91 Å². The largest absolute Gasteiger partial charge is 0.369 e. The van der Waals surface area contributed by atoms with Crippen LogP contribution in [0.15, 0.2) is 18.2 Å². The fourth-order valence-electron chi connectivity index (χ4n) is 1.26. The van der Waals surface area contributed by atoms with E-state index in [1.807, 2.05) is 0 Å². The molecule has 1 aromatic carbocycles. The van der Waals surface area contributed by atoms with Crippen LogP contribution in [0.25, 0.3) is 0 Å². The van der Waals surface area contributed by atoms with Crippen molar-refractivity contribution in [2.75, 3.05) is 13.6 Å². The normalized spacial score (nSPS) is 10.7. The molecule has 3 nitrogen and oxygen atoms in total. The summed E-state index contributed by atoms with van der Waals surface area (Å²) < 4.78 is 12.7. The van der Waals surface area contributed by atoms with Crippen LogP contribution in [0.5, 0.6) is 0 Å². The monoisotopic (exact) mass is 230 g/mol. The fraction of sp³-hybridized carbons (Fsp3) is 0.300. The van der Waals surface area contributed by atoms with Crippen molar-refractivity contribution in [1.82, 2.24) is 4.90 Å². The second-order valence-electron chi connectivity index (χ2n) is 3.37. The van der Waals surface area contributed by atoms with Gasteiger partial charge in [-0.1, -0.05) is 17.7 Å². The Kier molecular flexibility index (Phi) is 4.05. The van der Waals surface area contributed by atoms with Gasteiger partial charge in [-0.2, -0.15) is 0 Å². The van der Waals surface area contributed by atoms with Crippen LogP contribution >= 0.6 is 11.6 Å². The summed E-state index contributed by atoms with van der Waals surface area (Å²) in [5, 5.41) is 0.353. The number of amides is 1. The Bertz CT molecular complexity index is 370. The zero-order valence-electron chi connectivity index (χ0n) is 8.34. The molecule has 0 aliphatic heterocycles. The molecule has 82 valence electrons. The minimum Gasteiger partial charge on any atom is -0.369 e. The third-order valence-corrected chi connectivity index (χ3v) is 2.23. The molecule has 0 radical (unpaired) electrons. The summed E-state index contributed by atoms with van der Waals surface area (Å²) in [4.78, 5) is 12.3. The number of hydrogen-bond donors (Lipinski definition) is 1. The van der Waals surface area contributed by atoms with Crippen molar-refractivity contribution < 1.29 is 9.18 Å². The lowest BCUT2D eigenvalue weighted by Crippen LogP contribution is -2.30. The van der Waals surface area contributed by atoms with Crippen molar-refractivity contribution in [3.05, 3.63) is 34.6 Å². The maximum absolute atomic E-state index is 12.7. The van der Waals surface area contributed by atoms with Crippen LogP contribution in [0.1, 0.15) is 5.56 Å². The number of likely N-dealkylation sites (N-methyl/N-ethyl adjacent to an activating group) is 1. The Morgan fingerprint density at radius 2 is 2.27 bits per heavy atom. The Balaban J connectivity index is 2.68. The van der Waals surface area contributed by atoms with E-state index in [2.05, 4.69) is 0 Å². The third-order valence-electron chi connectivity index (χ3n) is 1.88. The Hall–Kier alpha value is -1.13. The highest BCUT2D eigenvalue weighted by Crippen LogP contribution is 2.18. The highest BCUT2D eigenvalue weighted by Gasteiger charge is 2.07.